The molecule has 24 heavy (non-hydrogen) atoms. The van der Waals surface area contributed by atoms with E-state index in [0.29, 0.717) is 10.8 Å². The summed E-state index contributed by atoms with van der Waals surface area (Å²) in [5, 5.41) is 10.2. The molecule has 1 nitrogen and oxygen atoms in total. The lowest BCUT2D eigenvalue weighted by Gasteiger charge is -2.62. The third kappa shape index (κ3) is 1.97. The van der Waals surface area contributed by atoms with Crippen molar-refractivity contribution in [1.82, 2.24) is 0 Å². The van der Waals surface area contributed by atoms with Gasteiger partial charge in [-0.1, -0.05) is 19.1 Å². The molecule has 0 amide bonds. The van der Waals surface area contributed by atoms with Gasteiger partial charge in [-0.3, -0.25) is 0 Å². The lowest BCUT2D eigenvalue weighted by molar-refractivity contribution is -0.132. The second-order valence-corrected chi connectivity index (χ2v) is 10.5. The molecule has 5 aliphatic rings. The van der Waals surface area contributed by atoms with E-state index in [2.05, 4.69) is 13.5 Å². The van der Waals surface area contributed by atoms with Crippen LogP contribution in [0.15, 0.2) is 12.2 Å². The summed E-state index contributed by atoms with van der Waals surface area (Å²) in [7, 11) is 0. The number of allylic oxidation sites excluding steroid dienone is 1. The summed E-state index contributed by atoms with van der Waals surface area (Å²) in [4.78, 5) is 0. The highest BCUT2D eigenvalue weighted by Gasteiger charge is 2.62. The Morgan fingerprint density at radius 1 is 0.958 bits per heavy atom. The summed E-state index contributed by atoms with van der Waals surface area (Å²) in [6.45, 7) is 7.12. The van der Waals surface area contributed by atoms with Crippen LogP contribution in [0, 0.1) is 40.4 Å². The molecule has 0 aromatic carbocycles. The molecule has 1 spiro atoms. The predicted octanol–water partition coefficient (Wildman–Crippen LogP) is 5.73. The van der Waals surface area contributed by atoms with Crippen molar-refractivity contribution in [3.63, 3.8) is 0 Å². The Balaban J connectivity index is 1.46. The molecule has 5 fully saturated rings. The number of aliphatic hydroxyl groups is 1. The van der Waals surface area contributed by atoms with E-state index < -0.39 is 0 Å². The highest BCUT2D eigenvalue weighted by atomic mass is 16.3. The van der Waals surface area contributed by atoms with Crippen LogP contribution in [0.4, 0.5) is 0 Å². The van der Waals surface area contributed by atoms with E-state index in [1.54, 1.807) is 5.57 Å². The fourth-order valence-corrected chi connectivity index (χ4v) is 8.96. The van der Waals surface area contributed by atoms with Gasteiger partial charge in [0.1, 0.15) is 0 Å². The van der Waals surface area contributed by atoms with Gasteiger partial charge in [-0.15, -0.1) is 0 Å². The van der Waals surface area contributed by atoms with Crippen LogP contribution >= 0.6 is 0 Å². The Bertz CT molecular complexity index is 538. The second-order valence-electron chi connectivity index (χ2n) is 10.5. The van der Waals surface area contributed by atoms with Gasteiger partial charge in [-0.25, -0.2) is 0 Å². The molecule has 0 bridgehead atoms. The minimum Gasteiger partial charge on any atom is -0.393 e. The van der Waals surface area contributed by atoms with E-state index in [4.69, 9.17) is 0 Å². The molecule has 0 aliphatic heterocycles. The van der Waals surface area contributed by atoms with Crippen molar-refractivity contribution in [2.24, 2.45) is 40.4 Å². The summed E-state index contributed by atoms with van der Waals surface area (Å²) >= 11 is 0. The molecule has 1 N–H and O–H groups in total. The van der Waals surface area contributed by atoms with Crippen LogP contribution in [0.1, 0.15) is 84.0 Å². The topological polar surface area (TPSA) is 20.2 Å². The van der Waals surface area contributed by atoms with Crippen molar-refractivity contribution in [2.75, 3.05) is 0 Å². The molecule has 0 radical (unpaired) electrons. The quantitative estimate of drug-likeness (QED) is 0.563. The Kier molecular flexibility index (Phi) is 3.55. The molecule has 0 saturated heterocycles. The summed E-state index contributed by atoms with van der Waals surface area (Å²) in [6.07, 6.45) is 16.4. The number of hydrogen-bond donors (Lipinski definition) is 1. The Morgan fingerprint density at radius 2 is 1.83 bits per heavy atom. The van der Waals surface area contributed by atoms with Crippen LogP contribution < -0.4 is 0 Å². The molecule has 5 rings (SSSR count). The van der Waals surface area contributed by atoms with Crippen LogP contribution in [-0.4, -0.2) is 11.2 Å². The Morgan fingerprint density at radius 3 is 2.71 bits per heavy atom. The van der Waals surface area contributed by atoms with Gasteiger partial charge in [0, 0.05) is 0 Å². The van der Waals surface area contributed by atoms with Crippen molar-refractivity contribution in [3.8, 4) is 0 Å². The van der Waals surface area contributed by atoms with Crippen molar-refractivity contribution < 1.29 is 5.11 Å². The van der Waals surface area contributed by atoms with Gasteiger partial charge < -0.3 is 5.11 Å². The first-order valence-corrected chi connectivity index (χ1v) is 10.9. The van der Waals surface area contributed by atoms with Crippen LogP contribution in [-0.2, 0) is 0 Å². The van der Waals surface area contributed by atoms with E-state index in [1.807, 2.05) is 0 Å². The van der Waals surface area contributed by atoms with Gasteiger partial charge >= 0.3 is 0 Å². The summed E-state index contributed by atoms with van der Waals surface area (Å²) in [5.74, 6) is 4.62. The van der Waals surface area contributed by atoms with E-state index in [9.17, 15) is 5.11 Å². The fourth-order valence-electron chi connectivity index (χ4n) is 8.96. The average Bonchev–Trinajstić information content (AvgIpc) is 2.96. The van der Waals surface area contributed by atoms with Crippen LogP contribution in [0.5, 0.6) is 0 Å². The molecular weight excluding hydrogens is 292 g/mol. The van der Waals surface area contributed by atoms with Crippen molar-refractivity contribution in [1.29, 1.82) is 0 Å². The average molecular weight is 329 g/mol. The van der Waals surface area contributed by atoms with Crippen LogP contribution in [0.25, 0.3) is 0 Å². The molecule has 1 heteroatoms. The normalized spacial score (nSPS) is 56.8. The van der Waals surface area contributed by atoms with Crippen LogP contribution in [0.2, 0.25) is 0 Å². The molecule has 134 valence electrons. The summed E-state index contributed by atoms with van der Waals surface area (Å²) < 4.78 is 0. The largest absolute Gasteiger partial charge is 0.393 e. The van der Waals surface area contributed by atoms with E-state index in [1.165, 1.54) is 64.2 Å². The van der Waals surface area contributed by atoms with E-state index in [-0.39, 0.29) is 6.10 Å². The van der Waals surface area contributed by atoms with Gasteiger partial charge in [-0.2, -0.15) is 0 Å². The zero-order valence-corrected chi connectivity index (χ0v) is 15.6. The van der Waals surface area contributed by atoms with Crippen molar-refractivity contribution in [3.05, 3.63) is 12.2 Å². The maximum atomic E-state index is 10.2. The smallest absolute Gasteiger partial charge is 0.0543 e. The molecule has 5 saturated carbocycles. The third-order valence-corrected chi connectivity index (χ3v) is 9.99. The van der Waals surface area contributed by atoms with E-state index in [0.717, 1.165) is 42.4 Å². The molecule has 5 aliphatic carbocycles. The zero-order valence-electron chi connectivity index (χ0n) is 15.6. The van der Waals surface area contributed by atoms with Gasteiger partial charge in [0.05, 0.1) is 6.10 Å². The third-order valence-electron chi connectivity index (χ3n) is 9.99. The monoisotopic (exact) mass is 328 g/mol. The number of fused-ring (bicyclic) bond motifs is 4. The fraction of sp³-hybridized carbons (Fsp3) is 0.913. The number of hydrogen-bond acceptors (Lipinski definition) is 1. The Hall–Kier alpha value is -0.300. The standard InChI is InChI=1S/C23H36O/c1-15-4-3-11-23-13-10-20-18(21(23)8-7-19(15)23)6-5-16-14-17(24)9-12-22(16,20)2/h16-21,24H,1,3-14H2,2H3/t16-,17-,18?,19?,20?,21?,22+,23?/m1/s1. The lowest BCUT2D eigenvalue weighted by atomic mass is 9.43. The lowest BCUT2D eigenvalue weighted by Crippen LogP contribution is -2.54. The second kappa shape index (κ2) is 5.35. The van der Waals surface area contributed by atoms with Gasteiger partial charge in [0.15, 0.2) is 0 Å². The first-order chi connectivity index (χ1) is 11.5. The van der Waals surface area contributed by atoms with E-state index >= 15 is 0 Å². The SMILES string of the molecule is C=C1CCCC23CCC4C(CC[C@@H]5C[C@H](O)CC[C@]45C)C2CCC13. The minimum atomic E-state index is -0.00733. The zero-order chi connectivity index (χ0) is 16.5. The maximum Gasteiger partial charge on any atom is 0.0543 e. The van der Waals surface area contributed by atoms with Gasteiger partial charge in [0.25, 0.3) is 0 Å². The molecular formula is C23H36O. The Labute approximate surface area is 148 Å². The van der Waals surface area contributed by atoms with Crippen LogP contribution in [0.3, 0.4) is 0 Å². The first kappa shape index (κ1) is 15.9. The molecule has 0 heterocycles. The molecule has 0 aromatic rings. The summed E-state index contributed by atoms with van der Waals surface area (Å²) in [6, 6.07) is 0. The predicted molar refractivity (Wildman–Crippen MR) is 98.5 cm³/mol. The number of rotatable bonds is 0. The summed E-state index contributed by atoms with van der Waals surface area (Å²) in [5.41, 5.74) is 2.81. The molecule has 5 unspecified atom stereocenters. The highest BCUT2D eigenvalue weighted by molar-refractivity contribution is 5.19. The van der Waals surface area contributed by atoms with Gasteiger partial charge in [-0.05, 0) is 117 Å². The molecule has 8 atom stereocenters. The van der Waals surface area contributed by atoms with Crippen molar-refractivity contribution in [2.45, 2.75) is 90.1 Å². The number of aliphatic hydroxyl groups excluding tert-OH is 1. The minimum absolute atomic E-state index is 0.00733. The first-order valence-electron chi connectivity index (χ1n) is 10.9. The highest BCUT2D eigenvalue weighted by Crippen LogP contribution is 2.70. The molecule has 0 aromatic heterocycles. The van der Waals surface area contributed by atoms with Crippen molar-refractivity contribution >= 4 is 0 Å². The maximum absolute atomic E-state index is 10.2. The van der Waals surface area contributed by atoms with Gasteiger partial charge in [0.2, 0.25) is 0 Å².